The molecule has 88 valence electrons. The molecule has 0 aliphatic rings. The molecule has 0 radical (unpaired) electrons. The lowest BCUT2D eigenvalue weighted by Crippen LogP contribution is -2.05. The average Bonchev–Trinajstić information content (AvgIpc) is 2.78. The third kappa shape index (κ3) is 2.62. The minimum Gasteiger partial charge on any atom is -0.352 e. The predicted molar refractivity (Wildman–Crippen MR) is 72.3 cm³/mol. The fourth-order valence-corrected chi connectivity index (χ4v) is 1.73. The van der Waals surface area contributed by atoms with E-state index in [1.807, 2.05) is 16.8 Å². The number of rotatable bonds is 4. The second-order valence-electron chi connectivity index (χ2n) is 3.39. The Kier molecular flexibility index (Phi) is 3.71. The van der Waals surface area contributed by atoms with Crippen molar-refractivity contribution in [3.8, 4) is 5.69 Å². The standard InChI is InChI=1S/C12H11Cl2N3/c1-2-5-15-12-16-6-7-17(12)9-3-4-10(13)11(14)8-9/h2-4,6-8H,1,5H2,(H,15,16). The molecule has 0 aliphatic heterocycles. The number of nitrogens with one attached hydrogen (secondary N) is 1. The van der Waals surface area contributed by atoms with Crippen LogP contribution in [0.2, 0.25) is 10.0 Å². The van der Waals surface area contributed by atoms with Crippen LogP contribution in [0.15, 0.2) is 43.2 Å². The molecule has 0 bridgehead atoms. The van der Waals surface area contributed by atoms with E-state index in [1.165, 1.54) is 0 Å². The van der Waals surface area contributed by atoms with Crippen molar-refractivity contribution in [1.29, 1.82) is 0 Å². The van der Waals surface area contributed by atoms with Gasteiger partial charge in [-0.3, -0.25) is 4.57 Å². The van der Waals surface area contributed by atoms with Gasteiger partial charge < -0.3 is 5.32 Å². The Labute approximate surface area is 110 Å². The van der Waals surface area contributed by atoms with Gasteiger partial charge in [0.15, 0.2) is 0 Å². The molecule has 0 saturated heterocycles. The predicted octanol–water partition coefficient (Wildman–Crippen LogP) is 3.78. The molecule has 5 heteroatoms. The van der Waals surface area contributed by atoms with Crippen LogP contribution in [0.25, 0.3) is 5.69 Å². The highest BCUT2D eigenvalue weighted by atomic mass is 35.5. The van der Waals surface area contributed by atoms with E-state index in [0.29, 0.717) is 16.6 Å². The molecular weight excluding hydrogens is 257 g/mol. The Bertz CT molecular complexity index is 534. The molecule has 0 unspecified atom stereocenters. The van der Waals surface area contributed by atoms with E-state index >= 15 is 0 Å². The van der Waals surface area contributed by atoms with Crippen molar-refractivity contribution in [2.45, 2.75) is 0 Å². The van der Waals surface area contributed by atoms with E-state index in [-0.39, 0.29) is 0 Å². The summed E-state index contributed by atoms with van der Waals surface area (Å²) < 4.78 is 1.89. The van der Waals surface area contributed by atoms with E-state index in [0.717, 1.165) is 11.6 Å². The summed E-state index contributed by atoms with van der Waals surface area (Å²) in [4.78, 5) is 4.21. The zero-order valence-corrected chi connectivity index (χ0v) is 10.5. The summed E-state index contributed by atoms with van der Waals surface area (Å²) in [5, 5.41) is 4.19. The van der Waals surface area contributed by atoms with E-state index in [9.17, 15) is 0 Å². The first-order valence-electron chi connectivity index (χ1n) is 5.06. The van der Waals surface area contributed by atoms with Gasteiger partial charge >= 0.3 is 0 Å². The van der Waals surface area contributed by atoms with Gasteiger partial charge in [-0.15, -0.1) is 6.58 Å². The van der Waals surface area contributed by atoms with E-state index in [2.05, 4.69) is 16.9 Å². The Balaban J connectivity index is 2.35. The smallest absolute Gasteiger partial charge is 0.207 e. The maximum atomic E-state index is 5.99. The summed E-state index contributed by atoms with van der Waals surface area (Å²) >= 11 is 11.9. The van der Waals surface area contributed by atoms with Crippen LogP contribution in [-0.4, -0.2) is 16.1 Å². The Morgan fingerprint density at radius 1 is 1.35 bits per heavy atom. The van der Waals surface area contributed by atoms with Crippen LogP contribution in [0.5, 0.6) is 0 Å². The zero-order valence-electron chi connectivity index (χ0n) is 9.03. The molecular formula is C12H11Cl2N3. The molecule has 0 aliphatic carbocycles. The summed E-state index contributed by atoms with van der Waals surface area (Å²) in [6, 6.07) is 5.44. The highest BCUT2D eigenvalue weighted by molar-refractivity contribution is 6.42. The van der Waals surface area contributed by atoms with E-state index in [4.69, 9.17) is 23.2 Å². The van der Waals surface area contributed by atoms with Gasteiger partial charge in [-0.05, 0) is 18.2 Å². The summed E-state index contributed by atoms with van der Waals surface area (Å²) in [5.41, 5.74) is 0.906. The Morgan fingerprint density at radius 3 is 2.88 bits per heavy atom. The van der Waals surface area contributed by atoms with Crippen LogP contribution in [0.3, 0.4) is 0 Å². The van der Waals surface area contributed by atoms with Gasteiger partial charge in [-0.2, -0.15) is 0 Å². The summed E-state index contributed by atoms with van der Waals surface area (Å²) in [6.07, 6.45) is 5.34. The fourth-order valence-electron chi connectivity index (χ4n) is 1.44. The molecule has 1 heterocycles. The molecule has 1 aromatic carbocycles. The first kappa shape index (κ1) is 12.0. The first-order valence-corrected chi connectivity index (χ1v) is 5.81. The number of anilines is 1. The molecule has 3 nitrogen and oxygen atoms in total. The van der Waals surface area contributed by atoms with E-state index < -0.39 is 0 Å². The monoisotopic (exact) mass is 267 g/mol. The lowest BCUT2D eigenvalue weighted by molar-refractivity contribution is 1.04. The minimum atomic E-state index is 0.521. The number of halogens is 2. The van der Waals surface area contributed by atoms with Crippen molar-refractivity contribution in [2.75, 3.05) is 11.9 Å². The zero-order chi connectivity index (χ0) is 12.3. The van der Waals surface area contributed by atoms with Gasteiger partial charge in [0, 0.05) is 18.9 Å². The third-order valence-corrected chi connectivity index (χ3v) is 2.97. The molecule has 0 fully saturated rings. The van der Waals surface area contributed by atoms with Crippen molar-refractivity contribution < 1.29 is 0 Å². The molecule has 1 aromatic heterocycles. The normalized spacial score (nSPS) is 10.2. The summed E-state index contributed by atoms with van der Waals surface area (Å²) in [7, 11) is 0. The lowest BCUT2D eigenvalue weighted by atomic mass is 10.3. The number of aromatic nitrogens is 2. The Hall–Kier alpha value is -1.45. The van der Waals surface area contributed by atoms with E-state index in [1.54, 1.807) is 24.4 Å². The summed E-state index contributed by atoms with van der Waals surface area (Å²) in [6.45, 7) is 4.30. The van der Waals surface area contributed by atoms with Gasteiger partial charge in [-0.25, -0.2) is 4.98 Å². The molecule has 0 spiro atoms. The van der Waals surface area contributed by atoms with Crippen molar-refractivity contribution in [1.82, 2.24) is 9.55 Å². The maximum absolute atomic E-state index is 5.99. The molecule has 0 atom stereocenters. The number of hydrogen-bond donors (Lipinski definition) is 1. The quantitative estimate of drug-likeness (QED) is 0.855. The largest absolute Gasteiger partial charge is 0.352 e. The van der Waals surface area contributed by atoms with Crippen molar-refractivity contribution in [3.63, 3.8) is 0 Å². The van der Waals surface area contributed by atoms with Crippen LogP contribution in [0.4, 0.5) is 5.95 Å². The van der Waals surface area contributed by atoms with Crippen LogP contribution >= 0.6 is 23.2 Å². The first-order chi connectivity index (χ1) is 8.22. The molecule has 17 heavy (non-hydrogen) atoms. The van der Waals surface area contributed by atoms with Gasteiger partial charge in [0.25, 0.3) is 0 Å². The lowest BCUT2D eigenvalue weighted by Gasteiger charge is -2.09. The number of benzene rings is 1. The topological polar surface area (TPSA) is 29.9 Å². The third-order valence-electron chi connectivity index (χ3n) is 2.23. The minimum absolute atomic E-state index is 0.521. The molecule has 0 amide bonds. The number of imidazole rings is 1. The summed E-state index contributed by atoms with van der Waals surface area (Å²) in [5.74, 6) is 0.739. The van der Waals surface area contributed by atoms with Crippen molar-refractivity contribution in [2.24, 2.45) is 0 Å². The van der Waals surface area contributed by atoms with Crippen LogP contribution < -0.4 is 5.32 Å². The van der Waals surface area contributed by atoms with Gasteiger partial charge in [-0.1, -0.05) is 29.3 Å². The molecule has 2 aromatic rings. The number of nitrogens with zero attached hydrogens (tertiary/aromatic N) is 2. The highest BCUT2D eigenvalue weighted by Crippen LogP contribution is 2.25. The van der Waals surface area contributed by atoms with Crippen molar-refractivity contribution in [3.05, 3.63) is 53.3 Å². The van der Waals surface area contributed by atoms with Crippen LogP contribution in [0.1, 0.15) is 0 Å². The van der Waals surface area contributed by atoms with Gasteiger partial charge in [0.1, 0.15) is 0 Å². The van der Waals surface area contributed by atoms with Gasteiger partial charge in [0.2, 0.25) is 5.95 Å². The second kappa shape index (κ2) is 5.25. The van der Waals surface area contributed by atoms with Crippen LogP contribution in [0, 0.1) is 0 Å². The highest BCUT2D eigenvalue weighted by Gasteiger charge is 2.05. The maximum Gasteiger partial charge on any atom is 0.207 e. The average molecular weight is 268 g/mol. The van der Waals surface area contributed by atoms with Crippen LogP contribution in [-0.2, 0) is 0 Å². The van der Waals surface area contributed by atoms with Crippen molar-refractivity contribution >= 4 is 29.2 Å². The fraction of sp³-hybridized carbons (Fsp3) is 0.0833. The SMILES string of the molecule is C=CCNc1nccn1-c1ccc(Cl)c(Cl)c1. The van der Waals surface area contributed by atoms with Gasteiger partial charge in [0.05, 0.1) is 15.7 Å². The molecule has 1 N–H and O–H groups in total. The molecule has 0 saturated carbocycles. The number of hydrogen-bond acceptors (Lipinski definition) is 2. The second-order valence-corrected chi connectivity index (χ2v) is 4.20. The molecule has 2 rings (SSSR count). The Morgan fingerprint density at radius 2 is 2.18 bits per heavy atom.